The van der Waals surface area contributed by atoms with E-state index in [0.717, 1.165) is 19.6 Å². The van der Waals surface area contributed by atoms with Gasteiger partial charge >= 0.3 is 0 Å². The van der Waals surface area contributed by atoms with Gasteiger partial charge in [0.25, 0.3) is 11.6 Å². The van der Waals surface area contributed by atoms with Crippen LogP contribution in [0.2, 0.25) is 0 Å². The number of nitro benzene ring substituents is 1. The number of amides is 1. The van der Waals surface area contributed by atoms with Crippen LogP contribution >= 0.6 is 0 Å². The van der Waals surface area contributed by atoms with Crippen LogP contribution in [0.4, 0.5) is 11.4 Å². The van der Waals surface area contributed by atoms with E-state index in [9.17, 15) is 14.9 Å². The van der Waals surface area contributed by atoms with Gasteiger partial charge in [0.2, 0.25) is 0 Å². The summed E-state index contributed by atoms with van der Waals surface area (Å²) in [6.07, 6.45) is 5.14. The molecule has 0 spiro atoms. The molecule has 1 aromatic rings. The lowest BCUT2D eigenvalue weighted by Gasteiger charge is -2.26. The van der Waals surface area contributed by atoms with Gasteiger partial charge in [0.1, 0.15) is 5.69 Å². The van der Waals surface area contributed by atoms with E-state index >= 15 is 0 Å². The molecular weight excluding hydrogens is 312 g/mol. The third-order valence-electron chi connectivity index (χ3n) is 3.65. The molecule has 2 N–H and O–H groups in total. The van der Waals surface area contributed by atoms with Crippen LogP contribution < -0.4 is 10.6 Å². The van der Waals surface area contributed by atoms with Crippen LogP contribution in [-0.2, 0) is 4.74 Å². The lowest BCUT2D eigenvalue weighted by Crippen LogP contribution is -2.41. The molecule has 1 aromatic carbocycles. The van der Waals surface area contributed by atoms with E-state index in [4.69, 9.17) is 11.2 Å². The number of hydrogen-bond acceptors (Lipinski definition) is 6. The maximum absolute atomic E-state index is 12.2. The molecular formula is C16H20N4O4. The Bertz CT molecular complexity index is 635. The normalized spacial score (nSPS) is 14.6. The van der Waals surface area contributed by atoms with Gasteiger partial charge in [-0.15, -0.1) is 6.42 Å². The summed E-state index contributed by atoms with van der Waals surface area (Å²) in [7, 11) is 0. The number of rotatable bonds is 7. The molecule has 24 heavy (non-hydrogen) atoms. The maximum Gasteiger partial charge on any atom is 0.293 e. The molecule has 0 saturated carbocycles. The van der Waals surface area contributed by atoms with E-state index in [-0.39, 0.29) is 23.7 Å². The Morgan fingerprint density at radius 1 is 1.42 bits per heavy atom. The number of nitro groups is 1. The second-order valence-electron chi connectivity index (χ2n) is 5.26. The van der Waals surface area contributed by atoms with Gasteiger partial charge in [0, 0.05) is 37.8 Å². The van der Waals surface area contributed by atoms with Gasteiger partial charge in [-0.1, -0.05) is 5.92 Å². The minimum atomic E-state index is -0.538. The molecule has 0 aliphatic carbocycles. The average Bonchev–Trinajstić information content (AvgIpc) is 2.60. The van der Waals surface area contributed by atoms with Crippen molar-refractivity contribution >= 4 is 17.3 Å². The number of benzene rings is 1. The zero-order valence-electron chi connectivity index (χ0n) is 13.3. The fourth-order valence-corrected chi connectivity index (χ4v) is 2.37. The van der Waals surface area contributed by atoms with Crippen LogP contribution in [0.1, 0.15) is 10.4 Å². The van der Waals surface area contributed by atoms with Gasteiger partial charge in [-0.05, 0) is 12.1 Å². The molecule has 0 atom stereocenters. The van der Waals surface area contributed by atoms with Crippen LogP contribution in [0.25, 0.3) is 0 Å². The Morgan fingerprint density at radius 2 is 2.17 bits per heavy atom. The lowest BCUT2D eigenvalue weighted by atomic mass is 10.1. The van der Waals surface area contributed by atoms with Crippen molar-refractivity contribution < 1.29 is 14.5 Å². The molecule has 8 nitrogen and oxygen atoms in total. The molecule has 128 valence electrons. The third-order valence-corrected chi connectivity index (χ3v) is 3.65. The smallest absolute Gasteiger partial charge is 0.293 e. The van der Waals surface area contributed by atoms with Gasteiger partial charge in [0.05, 0.1) is 24.7 Å². The summed E-state index contributed by atoms with van der Waals surface area (Å²) in [6.45, 7) is 4.46. The lowest BCUT2D eigenvalue weighted by molar-refractivity contribution is -0.384. The Hall–Kier alpha value is -2.63. The van der Waals surface area contributed by atoms with E-state index in [1.54, 1.807) is 0 Å². The summed E-state index contributed by atoms with van der Waals surface area (Å²) in [5.74, 6) is 2.01. The summed E-state index contributed by atoms with van der Waals surface area (Å²) in [6, 6.07) is 4.28. The molecule has 1 aliphatic heterocycles. The second kappa shape index (κ2) is 8.86. The first kappa shape index (κ1) is 17.7. The number of nitrogens with zero attached hydrogens (tertiary/aromatic N) is 2. The molecule has 2 rings (SSSR count). The number of carbonyl (C=O) groups is 1. The Morgan fingerprint density at radius 3 is 2.83 bits per heavy atom. The predicted octanol–water partition coefficient (Wildman–Crippen LogP) is 0.702. The highest BCUT2D eigenvalue weighted by Crippen LogP contribution is 2.25. The van der Waals surface area contributed by atoms with Gasteiger partial charge in [-0.3, -0.25) is 19.8 Å². The number of nitrogens with one attached hydrogen (secondary N) is 2. The SMILES string of the molecule is C#CCNc1ccc(C(=O)NCCN2CCOCC2)cc1[N+](=O)[O-]. The van der Waals surface area contributed by atoms with E-state index in [1.165, 1.54) is 18.2 Å². The molecule has 0 bridgehead atoms. The van der Waals surface area contributed by atoms with E-state index in [2.05, 4.69) is 21.5 Å². The summed E-state index contributed by atoms with van der Waals surface area (Å²) in [5, 5.41) is 16.7. The van der Waals surface area contributed by atoms with E-state index in [1.807, 2.05) is 0 Å². The number of anilines is 1. The van der Waals surface area contributed by atoms with Crippen LogP contribution in [-0.4, -0.2) is 61.7 Å². The minimum absolute atomic E-state index is 0.173. The molecule has 8 heteroatoms. The minimum Gasteiger partial charge on any atom is -0.379 e. The molecule has 0 unspecified atom stereocenters. The quantitative estimate of drug-likeness (QED) is 0.433. The molecule has 0 aromatic heterocycles. The highest BCUT2D eigenvalue weighted by Gasteiger charge is 2.17. The van der Waals surface area contributed by atoms with Crippen molar-refractivity contribution in [2.24, 2.45) is 0 Å². The first-order valence-corrected chi connectivity index (χ1v) is 7.66. The van der Waals surface area contributed by atoms with Crippen molar-refractivity contribution in [3.63, 3.8) is 0 Å². The van der Waals surface area contributed by atoms with Gasteiger partial charge in [-0.2, -0.15) is 0 Å². The van der Waals surface area contributed by atoms with Crippen molar-refractivity contribution in [2.75, 3.05) is 51.3 Å². The molecule has 1 amide bonds. The monoisotopic (exact) mass is 332 g/mol. The number of carbonyl (C=O) groups excluding carboxylic acids is 1. The standard InChI is InChI=1S/C16H20N4O4/c1-2-5-17-14-4-3-13(12-15(14)20(22)23)16(21)18-6-7-19-8-10-24-11-9-19/h1,3-4,12,17H,5-11H2,(H,18,21). The molecule has 1 saturated heterocycles. The fourth-order valence-electron chi connectivity index (χ4n) is 2.37. The maximum atomic E-state index is 12.2. The number of morpholine rings is 1. The number of ether oxygens (including phenoxy) is 1. The average molecular weight is 332 g/mol. The molecule has 0 radical (unpaired) electrons. The number of hydrogen-bond donors (Lipinski definition) is 2. The molecule has 1 fully saturated rings. The summed E-state index contributed by atoms with van der Waals surface area (Å²) in [4.78, 5) is 25.0. The topological polar surface area (TPSA) is 96.7 Å². The first-order valence-electron chi connectivity index (χ1n) is 7.66. The summed E-state index contributed by atoms with van der Waals surface area (Å²) < 4.78 is 5.26. The second-order valence-corrected chi connectivity index (χ2v) is 5.26. The summed E-state index contributed by atoms with van der Waals surface area (Å²) >= 11 is 0. The van der Waals surface area contributed by atoms with E-state index in [0.29, 0.717) is 25.4 Å². The number of terminal acetylenes is 1. The van der Waals surface area contributed by atoms with Gasteiger partial charge in [0.15, 0.2) is 0 Å². The van der Waals surface area contributed by atoms with Crippen molar-refractivity contribution in [3.05, 3.63) is 33.9 Å². The fraction of sp³-hybridized carbons (Fsp3) is 0.438. The summed E-state index contributed by atoms with van der Waals surface area (Å²) in [5.41, 5.74) is 0.365. The van der Waals surface area contributed by atoms with Crippen LogP contribution in [0.3, 0.4) is 0 Å². The Kier molecular flexibility index (Phi) is 6.54. The third kappa shape index (κ3) is 4.94. The van der Waals surface area contributed by atoms with Crippen molar-refractivity contribution in [1.82, 2.24) is 10.2 Å². The predicted molar refractivity (Wildman–Crippen MR) is 90.0 cm³/mol. The highest BCUT2D eigenvalue weighted by molar-refractivity contribution is 5.95. The molecule has 1 aliphatic rings. The zero-order chi connectivity index (χ0) is 17.4. The Balaban J connectivity index is 1.94. The van der Waals surface area contributed by atoms with Gasteiger partial charge in [-0.25, -0.2) is 0 Å². The van der Waals surface area contributed by atoms with Crippen LogP contribution in [0.15, 0.2) is 18.2 Å². The molecule has 1 heterocycles. The van der Waals surface area contributed by atoms with E-state index < -0.39 is 4.92 Å². The van der Waals surface area contributed by atoms with Crippen LogP contribution in [0.5, 0.6) is 0 Å². The largest absolute Gasteiger partial charge is 0.379 e. The van der Waals surface area contributed by atoms with Gasteiger partial charge < -0.3 is 15.4 Å². The Labute approximate surface area is 140 Å². The van der Waals surface area contributed by atoms with Crippen molar-refractivity contribution in [1.29, 1.82) is 0 Å². The zero-order valence-corrected chi connectivity index (χ0v) is 13.3. The van der Waals surface area contributed by atoms with Crippen molar-refractivity contribution in [2.45, 2.75) is 0 Å². The van der Waals surface area contributed by atoms with Crippen LogP contribution in [0, 0.1) is 22.5 Å². The van der Waals surface area contributed by atoms with Crippen molar-refractivity contribution in [3.8, 4) is 12.3 Å². The highest BCUT2D eigenvalue weighted by atomic mass is 16.6. The first-order chi connectivity index (χ1) is 11.6.